The maximum Gasteiger partial charge on any atom is 0.322 e. The second-order valence-corrected chi connectivity index (χ2v) is 6.01. The summed E-state index contributed by atoms with van der Waals surface area (Å²) in [6.07, 6.45) is 0.347. The van der Waals surface area contributed by atoms with E-state index in [0.717, 1.165) is 5.56 Å². The van der Waals surface area contributed by atoms with Gasteiger partial charge in [0, 0.05) is 6.04 Å². The van der Waals surface area contributed by atoms with E-state index in [4.69, 9.17) is 0 Å². The van der Waals surface area contributed by atoms with Crippen molar-refractivity contribution >= 4 is 16.0 Å². The third-order valence-corrected chi connectivity index (χ3v) is 3.81. The first-order valence-corrected chi connectivity index (χ1v) is 7.92. The summed E-state index contributed by atoms with van der Waals surface area (Å²) in [6.45, 7) is 1.38. The summed E-state index contributed by atoms with van der Waals surface area (Å²) >= 11 is 0. The molecule has 0 aliphatic heterocycles. The molecule has 0 heterocycles. The van der Waals surface area contributed by atoms with Crippen LogP contribution in [0.1, 0.15) is 12.5 Å². The number of sulfonamides is 1. The maximum absolute atomic E-state index is 11.8. The largest absolute Gasteiger partial charge is 0.465 e. The van der Waals surface area contributed by atoms with Crippen molar-refractivity contribution in [1.82, 2.24) is 4.72 Å². The minimum Gasteiger partial charge on any atom is -0.465 e. The van der Waals surface area contributed by atoms with E-state index >= 15 is 0 Å². The van der Waals surface area contributed by atoms with Gasteiger partial charge in [-0.15, -0.1) is 0 Å². The number of esters is 1. The van der Waals surface area contributed by atoms with Gasteiger partial charge >= 0.3 is 5.97 Å². The average Bonchev–Trinajstić information content (AvgIpc) is 2.38. The Kier molecular flexibility index (Phi) is 6.63. The summed E-state index contributed by atoms with van der Waals surface area (Å²) in [7, 11) is -3.82. The van der Waals surface area contributed by atoms with E-state index in [-0.39, 0.29) is 13.2 Å². The average molecular weight is 301 g/mol. The molecule has 1 atom stereocenters. The van der Waals surface area contributed by atoms with Crippen LogP contribution in [0.3, 0.4) is 0 Å². The Labute approximate surface area is 118 Å². The topological polar surface area (TPSA) is 92.7 Å². The van der Waals surface area contributed by atoms with Gasteiger partial charge in [-0.1, -0.05) is 30.3 Å². The first kappa shape index (κ1) is 16.6. The van der Waals surface area contributed by atoms with Crippen LogP contribution in [0.2, 0.25) is 0 Å². The second kappa shape index (κ2) is 7.98. The smallest absolute Gasteiger partial charge is 0.322 e. The number of carbonyl (C=O) groups excluding carboxylic acids is 1. The molecule has 20 heavy (non-hydrogen) atoms. The molecule has 2 N–H and O–H groups in total. The predicted molar refractivity (Wildman–Crippen MR) is 74.6 cm³/mol. The lowest BCUT2D eigenvalue weighted by molar-refractivity contribution is -0.139. The zero-order valence-corrected chi connectivity index (χ0v) is 12.1. The van der Waals surface area contributed by atoms with Crippen LogP contribution in [0.25, 0.3) is 0 Å². The molecule has 0 radical (unpaired) electrons. The number of ether oxygens (including phenoxy) is 1. The van der Waals surface area contributed by atoms with Crippen LogP contribution in [0.4, 0.5) is 0 Å². The summed E-state index contributed by atoms with van der Waals surface area (Å²) in [5.74, 6) is -1.55. The van der Waals surface area contributed by atoms with Crippen molar-refractivity contribution in [3.8, 4) is 0 Å². The summed E-state index contributed by atoms with van der Waals surface area (Å²) in [4.78, 5) is 11.2. The van der Waals surface area contributed by atoms with Gasteiger partial charge in [-0.05, 0) is 18.9 Å². The first-order valence-electron chi connectivity index (χ1n) is 6.27. The minimum atomic E-state index is -3.82. The van der Waals surface area contributed by atoms with Gasteiger partial charge in [0.05, 0.1) is 13.2 Å². The van der Waals surface area contributed by atoms with Crippen LogP contribution < -0.4 is 4.72 Å². The van der Waals surface area contributed by atoms with Gasteiger partial charge in [-0.25, -0.2) is 13.1 Å². The molecular weight excluding hydrogens is 282 g/mol. The van der Waals surface area contributed by atoms with Crippen LogP contribution in [-0.4, -0.2) is 44.5 Å². The minimum absolute atomic E-state index is 0.127. The number of aliphatic hydroxyl groups is 1. The Morgan fingerprint density at radius 3 is 2.55 bits per heavy atom. The third-order valence-electron chi connectivity index (χ3n) is 2.50. The fraction of sp³-hybridized carbons (Fsp3) is 0.462. The van der Waals surface area contributed by atoms with Gasteiger partial charge in [-0.2, -0.15) is 0 Å². The fourth-order valence-electron chi connectivity index (χ4n) is 1.70. The van der Waals surface area contributed by atoms with Crippen molar-refractivity contribution in [2.75, 3.05) is 19.0 Å². The quantitative estimate of drug-likeness (QED) is 0.663. The highest BCUT2D eigenvalue weighted by atomic mass is 32.2. The summed E-state index contributed by atoms with van der Waals surface area (Å²) in [6, 6.07) is 8.51. The summed E-state index contributed by atoms with van der Waals surface area (Å²) < 4.78 is 30.4. The summed E-state index contributed by atoms with van der Waals surface area (Å²) in [5, 5.41) is 9.25. The Hall–Kier alpha value is -1.44. The molecule has 0 unspecified atom stereocenters. The molecule has 1 aromatic carbocycles. The fourth-order valence-corrected chi connectivity index (χ4v) is 2.84. The standard InChI is InChI=1S/C13H19NO5S/c1-2-19-13(16)10-20(17,18)14-12(9-15)8-11-6-4-3-5-7-11/h3-7,12,14-15H,2,8-10H2,1H3/t12-/m0/s1. The van der Waals surface area contributed by atoms with Crippen LogP contribution in [0, 0.1) is 0 Å². The van der Waals surface area contributed by atoms with Gasteiger partial charge in [0.1, 0.15) is 0 Å². The van der Waals surface area contributed by atoms with Gasteiger partial charge in [0.2, 0.25) is 10.0 Å². The van der Waals surface area contributed by atoms with Crippen molar-refractivity contribution < 1.29 is 23.1 Å². The van der Waals surface area contributed by atoms with Crippen molar-refractivity contribution in [3.05, 3.63) is 35.9 Å². The van der Waals surface area contributed by atoms with E-state index in [0.29, 0.717) is 6.42 Å². The van der Waals surface area contributed by atoms with Crippen molar-refractivity contribution in [2.45, 2.75) is 19.4 Å². The number of rotatable bonds is 8. The number of benzene rings is 1. The Morgan fingerprint density at radius 1 is 1.35 bits per heavy atom. The number of carbonyl (C=O) groups is 1. The van der Waals surface area contributed by atoms with Gasteiger partial charge in [0.25, 0.3) is 0 Å². The molecule has 0 aliphatic rings. The lowest BCUT2D eigenvalue weighted by Gasteiger charge is -2.16. The molecule has 0 saturated carbocycles. The lowest BCUT2D eigenvalue weighted by Crippen LogP contribution is -2.41. The Morgan fingerprint density at radius 2 is 2.00 bits per heavy atom. The van der Waals surface area contributed by atoms with E-state index < -0.39 is 27.8 Å². The highest BCUT2D eigenvalue weighted by Crippen LogP contribution is 2.04. The molecule has 0 spiro atoms. The van der Waals surface area contributed by atoms with Crippen molar-refractivity contribution in [1.29, 1.82) is 0 Å². The molecule has 0 saturated heterocycles. The predicted octanol–water partition coefficient (Wildman–Crippen LogP) is 0.0725. The van der Waals surface area contributed by atoms with Gasteiger partial charge in [0.15, 0.2) is 5.75 Å². The molecule has 1 rings (SSSR count). The Balaban J connectivity index is 2.61. The van der Waals surface area contributed by atoms with Crippen LogP contribution >= 0.6 is 0 Å². The summed E-state index contributed by atoms with van der Waals surface area (Å²) in [5.41, 5.74) is 0.894. The van der Waals surface area contributed by atoms with E-state index in [1.807, 2.05) is 30.3 Å². The number of nitrogens with one attached hydrogen (secondary N) is 1. The number of aliphatic hydroxyl groups excluding tert-OH is 1. The molecule has 6 nitrogen and oxygen atoms in total. The second-order valence-electron chi connectivity index (χ2n) is 4.25. The number of hydrogen-bond acceptors (Lipinski definition) is 5. The maximum atomic E-state index is 11.8. The zero-order chi connectivity index (χ0) is 15.0. The molecule has 7 heteroatoms. The molecule has 0 aromatic heterocycles. The van der Waals surface area contributed by atoms with E-state index in [2.05, 4.69) is 9.46 Å². The molecular formula is C13H19NO5S. The normalized spacial score (nSPS) is 12.9. The highest BCUT2D eigenvalue weighted by molar-refractivity contribution is 7.90. The molecule has 0 amide bonds. The SMILES string of the molecule is CCOC(=O)CS(=O)(=O)N[C@H](CO)Cc1ccccc1. The highest BCUT2D eigenvalue weighted by Gasteiger charge is 2.21. The zero-order valence-electron chi connectivity index (χ0n) is 11.3. The van der Waals surface area contributed by atoms with E-state index in [1.165, 1.54) is 0 Å². The van der Waals surface area contributed by atoms with Crippen LogP contribution in [0.5, 0.6) is 0 Å². The number of hydrogen-bond donors (Lipinski definition) is 2. The van der Waals surface area contributed by atoms with Crippen LogP contribution in [-0.2, 0) is 26.0 Å². The van der Waals surface area contributed by atoms with Crippen molar-refractivity contribution in [2.24, 2.45) is 0 Å². The van der Waals surface area contributed by atoms with Crippen molar-refractivity contribution in [3.63, 3.8) is 0 Å². The van der Waals surface area contributed by atoms with E-state index in [1.54, 1.807) is 6.92 Å². The van der Waals surface area contributed by atoms with Crippen LogP contribution in [0.15, 0.2) is 30.3 Å². The molecule has 112 valence electrons. The van der Waals surface area contributed by atoms with Gasteiger partial charge < -0.3 is 9.84 Å². The third kappa shape index (κ3) is 6.14. The van der Waals surface area contributed by atoms with E-state index in [9.17, 15) is 18.3 Å². The lowest BCUT2D eigenvalue weighted by atomic mass is 10.1. The monoisotopic (exact) mass is 301 g/mol. The molecule has 0 bridgehead atoms. The molecule has 1 aromatic rings. The molecule has 0 aliphatic carbocycles. The Bertz CT molecular complexity index is 515. The first-order chi connectivity index (χ1) is 9.46. The molecule has 0 fully saturated rings. The van der Waals surface area contributed by atoms with Gasteiger partial charge in [-0.3, -0.25) is 4.79 Å².